The van der Waals surface area contributed by atoms with Crippen LogP contribution >= 0.6 is 0 Å². The van der Waals surface area contributed by atoms with Gasteiger partial charge >= 0.3 is 0 Å². The van der Waals surface area contributed by atoms with Crippen molar-refractivity contribution < 1.29 is 4.39 Å². The second-order valence-corrected chi connectivity index (χ2v) is 5.51. The molecule has 0 radical (unpaired) electrons. The van der Waals surface area contributed by atoms with Crippen molar-refractivity contribution in [2.45, 2.75) is 13.3 Å². The molecular weight excluding hydrogens is 273 g/mol. The minimum absolute atomic E-state index is 0.220. The standard InChI is InChI=1S/C20H18FN/c1-14-5-3-4-6-16(14)12-17-7-8-19(21)13-20(17)18-9-10-22-15(2)11-18/h3-11,13,22H,2,12H2,1H3. The first kappa shape index (κ1) is 14.3. The van der Waals surface area contributed by atoms with Crippen LogP contribution in [0.25, 0.3) is 5.57 Å². The first-order chi connectivity index (χ1) is 10.6. The van der Waals surface area contributed by atoms with Crippen molar-refractivity contribution in [2.75, 3.05) is 0 Å². The number of rotatable bonds is 3. The quantitative estimate of drug-likeness (QED) is 0.861. The van der Waals surface area contributed by atoms with Gasteiger partial charge in [-0.1, -0.05) is 36.9 Å². The van der Waals surface area contributed by atoms with Gasteiger partial charge in [-0.05, 0) is 65.5 Å². The van der Waals surface area contributed by atoms with Crippen LogP contribution in [0.5, 0.6) is 0 Å². The molecule has 0 saturated carbocycles. The molecule has 1 aliphatic heterocycles. The van der Waals surface area contributed by atoms with Gasteiger partial charge < -0.3 is 5.32 Å². The minimum atomic E-state index is -0.220. The third-order valence-electron chi connectivity index (χ3n) is 3.89. The molecule has 3 rings (SSSR count). The summed E-state index contributed by atoms with van der Waals surface area (Å²) >= 11 is 0. The first-order valence-corrected chi connectivity index (χ1v) is 7.30. The van der Waals surface area contributed by atoms with Gasteiger partial charge in [0.05, 0.1) is 0 Å². The first-order valence-electron chi connectivity index (χ1n) is 7.30. The predicted octanol–water partition coefficient (Wildman–Crippen LogP) is 4.74. The Kier molecular flexibility index (Phi) is 3.92. The van der Waals surface area contributed by atoms with Crippen molar-refractivity contribution in [3.8, 4) is 0 Å². The zero-order valence-electron chi connectivity index (χ0n) is 12.6. The molecule has 22 heavy (non-hydrogen) atoms. The summed E-state index contributed by atoms with van der Waals surface area (Å²) < 4.78 is 13.7. The summed E-state index contributed by atoms with van der Waals surface area (Å²) in [6, 6.07) is 13.3. The van der Waals surface area contributed by atoms with E-state index in [1.54, 1.807) is 6.07 Å². The van der Waals surface area contributed by atoms with Gasteiger partial charge in [-0.3, -0.25) is 0 Å². The van der Waals surface area contributed by atoms with Gasteiger partial charge in [-0.2, -0.15) is 0 Å². The van der Waals surface area contributed by atoms with Gasteiger partial charge in [0.15, 0.2) is 0 Å². The van der Waals surface area contributed by atoms with Crippen LogP contribution in [0.2, 0.25) is 0 Å². The summed E-state index contributed by atoms with van der Waals surface area (Å²) in [7, 11) is 0. The fraction of sp³-hybridized carbons (Fsp3) is 0.100. The molecule has 0 bridgehead atoms. The number of allylic oxidation sites excluding steroid dienone is 3. The zero-order chi connectivity index (χ0) is 15.5. The number of aryl methyl sites for hydroxylation is 1. The molecule has 1 nitrogen and oxygen atoms in total. The van der Waals surface area contributed by atoms with Gasteiger partial charge in [-0.15, -0.1) is 0 Å². The van der Waals surface area contributed by atoms with E-state index < -0.39 is 0 Å². The average molecular weight is 291 g/mol. The Labute approximate surface area is 130 Å². The summed E-state index contributed by atoms with van der Waals surface area (Å²) in [5.74, 6) is -0.220. The maximum absolute atomic E-state index is 13.7. The topological polar surface area (TPSA) is 12.0 Å². The normalized spacial score (nSPS) is 13.7. The van der Waals surface area contributed by atoms with E-state index in [1.165, 1.54) is 17.2 Å². The molecule has 0 saturated heterocycles. The number of hydrogen-bond donors (Lipinski definition) is 1. The average Bonchev–Trinajstić information content (AvgIpc) is 2.51. The number of benzene rings is 2. The molecule has 0 fully saturated rings. The van der Waals surface area contributed by atoms with E-state index in [1.807, 2.05) is 36.6 Å². The maximum Gasteiger partial charge on any atom is 0.123 e. The third kappa shape index (κ3) is 3.01. The van der Waals surface area contributed by atoms with Crippen molar-refractivity contribution in [3.05, 3.63) is 101 Å². The fourth-order valence-electron chi connectivity index (χ4n) is 2.67. The molecule has 0 aromatic heterocycles. The van der Waals surface area contributed by atoms with E-state index in [-0.39, 0.29) is 5.82 Å². The van der Waals surface area contributed by atoms with E-state index in [9.17, 15) is 4.39 Å². The predicted molar refractivity (Wildman–Crippen MR) is 89.8 cm³/mol. The molecule has 2 aromatic carbocycles. The zero-order valence-corrected chi connectivity index (χ0v) is 12.6. The van der Waals surface area contributed by atoms with Crippen molar-refractivity contribution >= 4 is 5.57 Å². The van der Waals surface area contributed by atoms with Crippen molar-refractivity contribution in [2.24, 2.45) is 0 Å². The molecule has 2 aromatic rings. The highest BCUT2D eigenvalue weighted by molar-refractivity contribution is 5.79. The summed E-state index contributed by atoms with van der Waals surface area (Å²) in [6.45, 7) is 6.01. The molecule has 0 atom stereocenters. The Balaban J connectivity index is 2.04. The molecule has 2 heteroatoms. The molecular formula is C20H18FN. The van der Waals surface area contributed by atoms with E-state index in [0.717, 1.165) is 28.8 Å². The van der Waals surface area contributed by atoms with Crippen LogP contribution < -0.4 is 5.32 Å². The Morgan fingerprint density at radius 3 is 2.68 bits per heavy atom. The van der Waals surface area contributed by atoms with Gasteiger partial charge in [0.1, 0.15) is 5.82 Å². The third-order valence-corrected chi connectivity index (χ3v) is 3.89. The Morgan fingerprint density at radius 1 is 1.09 bits per heavy atom. The second-order valence-electron chi connectivity index (χ2n) is 5.51. The van der Waals surface area contributed by atoms with Gasteiger partial charge in [-0.25, -0.2) is 4.39 Å². The Morgan fingerprint density at radius 2 is 1.91 bits per heavy atom. The van der Waals surface area contributed by atoms with E-state index in [4.69, 9.17) is 0 Å². The number of nitrogens with one attached hydrogen (secondary N) is 1. The smallest absolute Gasteiger partial charge is 0.123 e. The molecule has 1 N–H and O–H groups in total. The van der Waals surface area contributed by atoms with Crippen molar-refractivity contribution in [1.29, 1.82) is 0 Å². The van der Waals surface area contributed by atoms with Crippen LogP contribution in [0, 0.1) is 12.7 Å². The minimum Gasteiger partial charge on any atom is -0.362 e. The Hall–Kier alpha value is -2.61. The second kappa shape index (κ2) is 6.02. The van der Waals surface area contributed by atoms with Gasteiger partial charge in [0.25, 0.3) is 0 Å². The highest BCUT2D eigenvalue weighted by Gasteiger charge is 2.11. The van der Waals surface area contributed by atoms with Crippen LogP contribution in [0.4, 0.5) is 4.39 Å². The maximum atomic E-state index is 13.7. The number of halogens is 1. The molecule has 0 aliphatic carbocycles. The van der Waals surface area contributed by atoms with Gasteiger partial charge in [0, 0.05) is 11.9 Å². The van der Waals surface area contributed by atoms with Crippen LogP contribution in [-0.2, 0) is 6.42 Å². The number of dihydropyridines is 1. The Bertz CT molecular complexity index is 784. The summed E-state index contributed by atoms with van der Waals surface area (Å²) in [5.41, 5.74) is 6.32. The molecule has 0 unspecified atom stereocenters. The van der Waals surface area contributed by atoms with E-state index >= 15 is 0 Å². The molecule has 110 valence electrons. The van der Waals surface area contributed by atoms with E-state index in [2.05, 4.69) is 31.0 Å². The monoisotopic (exact) mass is 291 g/mol. The van der Waals surface area contributed by atoms with Crippen LogP contribution in [-0.4, -0.2) is 0 Å². The summed E-state index contributed by atoms with van der Waals surface area (Å²) in [5, 5.41) is 3.03. The summed E-state index contributed by atoms with van der Waals surface area (Å²) in [6.07, 6.45) is 6.51. The van der Waals surface area contributed by atoms with Crippen LogP contribution in [0.1, 0.15) is 22.3 Å². The lowest BCUT2D eigenvalue weighted by Crippen LogP contribution is -2.06. The molecule has 1 heterocycles. The van der Waals surface area contributed by atoms with Gasteiger partial charge in [0.2, 0.25) is 0 Å². The molecule has 0 spiro atoms. The van der Waals surface area contributed by atoms with Crippen LogP contribution in [0.3, 0.4) is 0 Å². The lowest BCUT2D eigenvalue weighted by molar-refractivity contribution is 0.626. The highest BCUT2D eigenvalue weighted by Crippen LogP contribution is 2.27. The van der Waals surface area contributed by atoms with Crippen molar-refractivity contribution in [3.63, 3.8) is 0 Å². The fourth-order valence-corrected chi connectivity index (χ4v) is 2.67. The molecule has 0 amide bonds. The molecule has 1 aliphatic rings. The van der Waals surface area contributed by atoms with Crippen LogP contribution in [0.15, 0.2) is 73.1 Å². The number of hydrogen-bond acceptors (Lipinski definition) is 1. The highest BCUT2D eigenvalue weighted by atomic mass is 19.1. The summed E-state index contributed by atoms with van der Waals surface area (Å²) in [4.78, 5) is 0. The lowest BCUT2D eigenvalue weighted by Gasteiger charge is -2.15. The van der Waals surface area contributed by atoms with E-state index in [0.29, 0.717) is 0 Å². The largest absolute Gasteiger partial charge is 0.362 e. The lowest BCUT2D eigenvalue weighted by atomic mass is 9.92. The SMILES string of the molecule is C=C1C=C(c2cc(F)ccc2Cc2ccccc2C)C=CN1. The van der Waals surface area contributed by atoms with Crippen molar-refractivity contribution in [1.82, 2.24) is 5.32 Å².